The van der Waals surface area contributed by atoms with E-state index < -0.39 is 23.0 Å². The van der Waals surface area contributed by atoms with Crippen molar-refractivity contribution < 1.29 is 9.18 Å². The Morgan fingerprint density at radius 3 is 2.68 bits per heavy atom. The maximum Gasteiger partial charge on any atom is 0.336 e. The number of nitrogens with zero attached hydrogens (tertiary/aromatic N) is 2. The van der Waals surface area contributed by atoms with Crippen molar-refractivity contribution in [2.75, 3.05) is 0 Å². The number of fused-ring (bicyclic) bond motifs is 1. The van der Waals surface area contributed by atoms with E-state index >= 15 is 0 Å². The van der Waals surface area contributed by atoms with E-state index in [1.807, 2.05) is 19.1 Å². The molecule has 1 amide bonds. The van der Waals surface area contributed by atoms with Gasteiger partial charge in [0.2, 0.25) is 5.91 Å². The van der Waals surface area contributed by atoms with Gasteiger partial charge in [-0.3, -0.25) is 14.2 Å². The second-order valence-corrected chi connectivity index (χ2v) is 8.27. The van der Waals surface area contributed by atoms with Crippen LogP contribution in [0.2, 0.25) is 5.02 Å². The molecule has 158 valence electrons. The first-order chi connectivity index (χ1) is 14.9. The first-order valence-corrected chi connectivity index (χ1v) is 10.6. The van der Waals surface area contributed by atoms with Gasteiger partial charge >= 0.3 is 5.69 Å². The molecule has 9 heteroatoms. The smallest absolute Gasteiger partial charge is 0.336 e. The van der Waals surface area contributed by atoms with Gasteiger partial charge in [-0.2, -0.15) is 0 Å². The molecule has 0 atom stereocenters. The van der Waals surface area contributed by atoms with Gasteiger partial charge in [-0.25, -0.2) is 13.8 Å². The molecular formula is C22H17ClFN3O3S. The van der Waals surface area contributed by atoms with Crippen LogP contribution in [0.15, 0.2) is 63.5 Å². The molecule has 0 fully saturated rings. The minimum absolute atomic E-state index is 0.0803. The summed E-state index contributed by atoms with van der Waals surface area (Å²) in [4.78, 5) is 38.8. The number of hydrogen-bond donors (Lipinski definition) is 1. The highest BCUT2D eigenvalue weighted by Gasteiger charge is 2.18. The summed E-state index contributed by atoms with van der Waals surface area (Å²) < 4.78 is 16.0. The molecule has 0 saturated heterocycles. The van der Waals surface area contributed by atoms with Crippen molar-refractivity contribution in [3.8, 4) is 5.69 Å². The highest BCUT2D eigenvalue weighted by Crippen LogP contribution is 2.18. The van der Waals surface area contributed by atoms with Crippen molar-refractivity contribution in [3.05, 3.63) is 96.7 Å². The van der Waals surface area contributed by atoms with Gasteiger partial charge < -0.3 is 5.32 Å². The third-order valence-corrected chi connectivity index (χ3v) is 6.15. The third kappa shape index (κ3) is 4.04. The lowest BCUT2D eigenvalue weighted by Crippen LogP contribution is -2.41. The van der Waals surface area contributed by atoms with E-state index in [4.69, 9.17) is 11.6 Å². The lowest BCUT2D eigenvalue weighted by molar-refractivity contribution is -0.121. The van der Waals surface area contributed by atoms with Crippen molar-refractivity contribution in [1.82, 2.24) is 14.5 Å². The first kappa shape index (κ1) is 21.0. The topological polar surface area (TPSA) is 73.1 Å². The first-order valence-electron chi connectivity index (χ1n) is 9.36. The van der Waals surface area contributed by atoms with Gasteiger partial charge in [-0.1, -0.05) is 35.9 Å². The molecule has 6 nitrogen and oxygen atoms in total. The van der Waals surface area contributed by atoms with Gasteiger partial charge in [0, 0.05) is 11.6 Å². The number of aryl methyl sites for hydroxylation is 1. The predicted molar refractivity (Wildman–Crippen MR) is 120 cm³/mol. The zero-order chi connectivity index (χ0) is 22.1. The zero-order valence-electron chi connectivity index (χ0n) is 16.4. The van der Waals surface area contributed by atoms with E-state index in [1.165, 1.54) is 34.1 Å². The summed E-state index contributed by atoms with van der Waals surface area (Å²) >= 11 is 7.21. The van der Waals surface area contributed by atoms with E-state index in [1.54, 1.807) is 23.6 Å². The molecule has 2 aromatic heterocycles. The van der Waals surface area contributed by atoms with Gasteiger partial charge in [0.25, 0.3) is 5.56 Å². The Hall–Kier alpha value is -3.23. The van der Waals surface area contributed by atoms with E-state index in [-0.39, 0.29) is 18.1 Å². The van der Waals surface area contributed by atoms with Gasteiger partial charge in [0.1, 0.15) is 17.1 Å². The fourth-order valence-electron chi connectivity index (χ4n) is 3.33. The van der Waals surface area contributed by atoms with Crippen molar-refractivity contribution in [1.29, 1.82) is 0 Å². The van der Waals surface area contributed by atoms with Crippen LogP contribution in [0.3, 0.4) is 0 Å². The van der Waals surface area contributed by atoms with Crippen LogP contribution in [-0.2, 0) is 17.9 Å². The van der Waals surface area contributed by atoms with Crippen LogP contribution in [0.5, 0.6) is 0 Å². The van der Waals surface area contributed by atoms with Crippen LogP contribution in [-0.4, -0.2) is 15.0 Å². The molecule has 0 aliphatic heterocycles. The van der Waals surface area contributed by atoms with Gasteiger partial charge in [0.15, 0.2) is 0 Å². The van der Waals surface area contributed by atoms with Gasteiger partial charge in [-0.05, 0) is 47.7 Å². The molecule has 1 N–H and O–H groups in total. The summed E-state index contributed by atoms with van der Waals surface area (Å²) in [6.45, 7) is 1.61. The molecule has 2 heterocycles. The van der Waals surface area contributed by atoms with Gasteiger partial charge in [0.05, 0.1) is 11.2 Å². The van der Waals surface area contributed by atoms with Crippen molar-refractivity contribution in [3.63, 3.8) is 0 Å². The molecule has 2 aromatic carbocycles. The number of nitrogens with one attached hydrogen (secondary N) is 1. The largest absolute Gasteiger partial charge is 0.350 e. The minimum atomic E-state index is -0.597. The van der Waals surface area contributed by atoms with E-state index in [9.17, 15) is 18.8 Å². The average Bonchev–Trinajstić information content (AvgIpc) is 3.22. The number of aromatic nitrogens is 2. The molecule has 0 unspecified atom stereocenters. The van der Waals surface area contributed by atoms with E-state index in [2.05, 4.69) is 5.32 Å². The summed E-state index contributed by atoms with van der Waals surface area (Å²) in [5, 5.41) is 4.60. The standard InChI is InChI=1S/C22H17ClFN3O3S/c1-13-4-2-3-5-17(13)27-21(29)20-18(8-9-31-20)26(22(27)30)12-19(28)25-11-14-6-7-15(24)10-16(14)23/h2-10H,11-12H2,1H3,(H,25,28). The molecule has 0 aliphatic carbocycles. The third-order valence-electron chi connectivity index (χ3n) is 4.90. The number of carbonyl (C=O) groups is 1. The van der Waals surface area contributed by atoms with Crippen LogP contribution in [0.1, 0.15) is 11.1 Å². The van der Waals surface area contributed by atoms with E-state index in [0.29, 0.717) is 21.5 Å². The lowest BCUT2D eigenvalue weighted by Gasteiger charge is -2.14. The zero-order valence-corrected chi connectivity index (χ0v) is 18.0. The predicted octanol–water partition coefficient (Wildman–Crippen LogP) is 3.63. The number of hydrogen-bond acceptors (Lipinski definition) is 4. The Morgan fingerprint density at radius 2 is 1.94 bits per heavy atom. The summed E-state index contributed by atoms with van der Waals surface area (Å²) in [5.74, 6) is -0.907. The lowest BCUT2D eigenvalue weighted by atomic mass is 10.2. The molecule has 0 bridgehead atoms. The summed E-state index contributed by atoms with van der Waals surface area (Å²) in [6, 6.07) is 12.6. The Bertz CT molecular complexity index is 1420. The summed E-state index contributed by atoms with van der Waals surface area (Å²) in [5.41, 5.74) is 1.17. The summed E-state index contributed by atoms with van der Waals surface area (Å²) in [6.07, 6.45) is 0. The highest BCUT2D eigenvalue weighted by atomic mass is 35.5. The van der Waals surface area contributed by atoms with Crippen molar-refractivity contribution in [2.45, 2.75) is 20.0 Å². The Kier molecular flexibility index (Phi) is 5.75. The van der Waals surface area contributed by atoms with Crippen LogP contribution in [0.25, 0.3) is 15.9 Å². The highest BCUT2D eigenvalue weighted by molar-refractivity contribution is 7.17. The van der Waals surface area contributed by atoms with Crippen LogP contribution < -0.4 is 16.6 Å². The quantitative estimate of drug-likeness (QED) is 0.497. The fourth-order valence-corrected chi connectivity index (χ4v) is 4.38. The Labute approximate surface area is 185 Å². The molecular weight excluding hydrogens is 441 g/mol. The van der Waals surface area contributed by atoms with Crippen LogP contribution >= 0.6 is 22.9 Å². The normalized spacial score (nSPS) is 11.1. The second kappa shape index (κ2) is 8.49. The molecule has 0 saturated carbocycles. The monoisotopic (exact) mass is 457 g/mol. The maximum atomic E-state index is 13.2. The number of halogens is 2. The number of thiophene rings is 1. The molecule has 4 aromatic rings. The molecule has 0 spiro atoms. The minimum Gasteiger partial charge on any atom is -0.350 e. The second-order valence-electron chi connectivity index (χ2n) is 6.94. The van der Waals surface area contributed by atoms with Crippen LogP contribution in [0.4, 0.5) is 4.39 Å². The SMILES string of the molecule is Cc1ccccc1-n1c(=O)c2sccc2n(CC(=O)NCc2ccc(F)cc2Cl)c1=O. The summed E-state index contributed by atoms with van der Waals surface area (Å²) in [7, 11) is 0. The van der Waals surface area contributed by atoms with Gasteiger partial charge in [-0.15, -0.1) is 11.3 Å². The number of rotatable bonds is 5. The number of carbonyl (C=O) groups excluding carboxylic acids is 1. The number of benzene rings is 2. The Balaban J connectivity index is 1.70. The molecule has 0 radical (unpaired) electrons. The molecule has 31 heavy (non-hydrogen) atoms. The molecule has 0 aliphatic rings. The maximum absolute atomic E-state index is 13.2. The Morgan fingerprint density at radius 1 is 1.16 bits per heavy atom. The number of amides is 1. The average molecular weight is 458 g/mol. The van der Waals surface area contributed by atoms with Crippen LogP contribution in [0, 0.1) is 12.7 Å². The van der Waals surface area contributed by atoms with Crippen molar-refractivity contribution >= 4 is 39.1 Å². The van der Waals surface area contributed by atoms with E-state index in [0.717, 1.165) is 10.1 Å². The number of para-hydroxylation sites is 1. The molecule has 4 rings (SSSR count). The fraction of sp³-hybridized carbons (Fsp3) is 0.136. The van der Waals surface area contributed by atoms with Crippen molar-refractivity contribution in [2.24, 2.45) is 0 Å².